The largest absolute Gasteiger partial charge is 0.468 e. The van der Waals surface area contributed by atoms with Gasteiger partial charge in [-0.1, -0.05) is 62.4 Å². The zero-order valence-corrected chi connectivity index (χ0v) is 17.2. The van der Waals surface area contributed by atoms with Gasteiger partial charge in [0.2, 0.25) is 5.88 Å². The number of nitrogens with zero attached hydrogens (tertiary/aromatic N) is 1. The van der Waals surface area contributed by atoms with E-state index >= 15 is 0 Å². The van der Waals surface area contributed by atoms with Crippen molar-refractivity contribution in [2.75, 3.05) is 7.11 Å². The number of halogens is 1. The highest BCUT2D eigenvalue weighted by Gasteiger charge is 2.43. The van der Waals surface area contributed by atoms with Crippen LogP contribution in [0.1, 0.15) is 25.1 Å². The second kappa shape index (κ2) is 9.35. The van der Waals surface area contributed by atoms with Crippen LogP contribution in [0.5, 0.6) is 11.6 Å². The van der Waals surface area contributed by atoms with Gasteiger partial charge in [0.05, 0.1) is 12.8 Å². The van der Waals surface area contributed by atoms with Crippen LogP contribution in [-0.4, -0.2) is 18.1 Å². The molecule has 0 aliphatic carbocycles. The number of rotatable bonds is 7. The molecule has 0 spiro atoms. The number of methoxy groups -OCH3 is 1. The van der Waals surface area contributed by atoms with Gasteiger partial charge < -0.3 is 9.47 Å². The quantitative estimate of drug-likeness (QED) is 0.467. The molecule has 1 unspecified atom stereocenters. The highest BCUT2D eigenvalue weighted by Crippen LogP contribution is 2.36. The van der Waals surface area contributed by atoms with Crippen molar-refractivity contribution in [1.29, 1.82) is 0 Å². The molecule has 5 heteroatoms. The van der Waals surface area contributed by atoms with Gasteiger partial charge in [-0.05, 0) is 41.8 Å². The Hall–Kier alpha value is -3.47. The maximum Gasteiger partial charge on any atom is 0.322 e. The summed E-state index contributed by atoms with van der Waals surface area (Å²) in [5.74, 6) is 0.115. The summed E-state index contributed by atoms with van der Waals surface area (Å²) in [6, 6.07) is 20.7. The Morgan fingerprint density at radius 3 is 2.33 bits per heavy atom. The first-order valence-corrected chi connectivity index (χ1v) is 9.69. The third-order valence-corrected chi connectivity index (χ3v) is 4.96. The molecule has 1 atom stereocenters. The molecule has 0 radical (unpaired) electrons. The van der Waals surface area contributed by atoms with E-state index in [1.165, 1.54) is 19.2 Å². The fourth-order valence-electron chi connectivity index (χ4n) is 3.26. The summed E-state index contributed by atoms with van der Waals surface area (Å²) in [5, 5.41) is 0. The Morgan fingerprint density at radius 1 is 1.00 bits per heavy atom. The summed E-state index contributed by atoms with van der Waals surface area (Å²) < 4.78 is 24.3. The molecule has 30 heavy (non-hydrogen) atoms. The molecule has 1 aromatic heterocycles. The first kappa shape index (κ1) is 21.2. The van der Waals surface area contributed by atoms with E-state index < -0.39 is 11.4 Å². The van der Waals surface area contributed by atoms with E-state index in [9.17, 15) is 9.18 Å². The summed E-state index contributed by atoms with van der Waals surface area (Å²) in [5.41, 5.74) is 0.136. The van der Waals surface area contributed by atoms with E-state index in [0.29, 0.717) is 17.3 Å². The lowest BCUT2D eigenvalue weighted by molar-refractivity contribution is -0.147. The van der Waals surface area contributed by atoms with E-state index in [0.717, 1.165) is 5.56 Å². The van der Waals surface area contributed by atoms with Crippen LogP contribution in [0.15, 0.2) is 78.9 Å². The summed E-state index contributed by atoms with van der Waals surface area (Å²) in [7, 11) is 1.36. The fourth-order valence-corrected chi connectivity index (χ4v) is 3.26. The van der Waals surface area contributed by atoms with Crippen molar-refractivity contribution < 1.29 is 18.7 Å². The number of hydrogen-bond donors (Lipinski definition) is 0. The molecule has 2 aromatic carbocycles. The van der Waals surface area contributed by atoms with Crippen molar-refractivity contribution in [3.63, 3.8) is 0 Å². The maximum atomic E-state index is 13.2. The van der Waals surface area contributed by atoms with Crippen LogP contribution in [0, 0.1) is 11.7 Å². The van der Waals surface area contributed by atoms with Crippen molar-refractivity contribution >= 4 is 12.0 Å². The maximum absolute atomic E-state index is 13.2. The van der Waals surface area contributed by atoms with Crippen LogP contribution in [0.2, 0.25) is 0 Å². The molecule has 3 aromatic rings. The number of esters is 1. The monoisotopic (exact) mass is 405 g/mol. The molecule has 0 aliphatic heterocycles. The number of aromatic nitrogens is 1. The van der Waals surface area contributed by atoms with Crippen LogP contribution in [-0.2, 0) is 14.9 Å². The average Bonchev–Trinajstić information content (AvgIpc) is 2.76. The number of ether oxygens (including phenoxy) is 2. The molecule has 1 heterocycles. The lowest BCUT2D eigenvalue weighted by Gasteiger charge is -2.31. The van der Waals surface area contributed by atoms with E-state index in [2.05, 4.69) is 4.98 Å². The minimum atomic E-state index is -1.14. The van der Waals surface area contributed by atoms with Crippen molar-refractivity contribution in [2.45, 2.75) is 19.3 Å². The highest BCUT2D eigenvalue weighted by molar-refractivity contribution is 5.87. The van der Waals surface area contributed by atoms with E-state index in [1.54, 1.807) is 42.5 Å². The van der Waals surface area contributed by atoms with Gasteiger partial charge in [-0.15, -0.1) is 0 Å². The normalized spacial score (nSPS) is 13.2. The van der Waals surface area contributed by atoms with E-state index in [-0.39, 0.29) is 11.7 Å². The van der Waals surface area contributed by atoms with Gasteiger partial charge in [-0.3, -0.25) is 4.79 Å². The zero-order chi connectivity index (χ0) is 21.6. The first-order chi connectivity index (χ1) is 14.5. The van der Waals surface area contributed by atoms with Gasteiger partial charge in [0.1, 0.15) is 17.0 Å². The Kier molecular flexibility index (Phi) is 6.62. The van der Waals surface area contributed by atoms with Crippen molar-refractivity contribution in [1.82, 2.24) is 4.98 Å². The second-order valence-electron chi connectivity index (χ2n) is 7.18. The predicted octanol–water partition coefficient (Wildman–Crippen LogP) is 5.79. The van der Waals surface area contributed by atoms with Gasteiger partial charge in [0.15, 0.2) is 0 Å². The molecule has 0 bridgehead atoms. The molecule has 0 amide bonds. The van der Waals surface area contributed by atoms with Crippen LogP contribution < -0.4 is 4.74 Å². The SMILES string of the molecule is COC(=O)C(C=Cc1ccc(F)cc1)(c1cccc(Oc2ccccc2)n1)C(C)C. The number of carbonyl (C=O) groups is 1. The Bertz CT molecular complexity index is 1020. The Balaban J connectivity index is 2.04. The number of para-hydroxylation sites is 1. The summed E-state index contributed by atoms with van der Waals surface area (Å²) >= 11 is 0. The molecule has 0 saturated carbocycles. The average molecular weight is 405 g/mol. The van der Waals surface area contributed by atoms with Crippen LogP contribution >= 0.6 is 0 Å². The molecule has 0 saturated heterocycles. The molecule has 0 fully saturated rings. The Morgan fingerprint density at radius 2 is 1.70 bits per heavy atom. The van der Waals surface area contributed by atoms with Crippen molar-refractivity contribution in [2.24, 2.45) is 5.92 Å². The Labute approximate surface area is 176 Å². The van der Waals surface area contributed by atoms with E-state index in [4.69, 9.17) is 9.47 Å². The topological polar surface area (TPSA) is 48.4 Å². The lowest BCUT2D eigenvalue weighted by atomic mass is 9.73. The molecule has 4 nitrogen and oxygen atoms in total. The molecular formula is C25H24FNO3. The van der Waals surface area contributed by atoms with Crippen molar-refractivity contribution in [3.05, 3.63) is 95.9 Å². The number of carbonyl (C=O) groups excluding carboxylic acids is 1. The molecular weight excluding hydrogens is 381 g/mol. The van der Waals surface area contributed by atoms with Gasteiger partial charge in [-0.25, -0.2) is 9.37 Å². The van der Waals surface area contributed by atoms with Crippen LogP contribution in [0.25, 0.3) is 6.08 Å². The van der Waals surface area contributed by atoms with Crippen LogP contribution in [0.4, 0.5) is 4.39 Å². The van der Waals surface area contributed by atoms with Gasteiger partial charge in [0, 0.05) is 6.07 Å². The standard InChI is InChI=1S/C25H24FNO3/c1-18(2)25(24(28)29-3,17-16-19-12-14-20(26)15-13-19)22-10-7-11-23(27-22)30-21-8-5-4-6-9-21/h4-18H,1-3H3. The first-order valence-electron chi connectivity index (χ1n) is 9.69. The lowest BCUT2D eigenvalue weighted by Crippen LogP contribution is -2.41. The highest BCUT2D eigenvalue weighted by atomic mass is 19.1. The predicted molar refractivity (Wildman–Crippen MR) is 115 cm³/mol. The summed E-state index contributed by atoms with van der Waals surface area (Å²) in [6.45, 7) is 3.86. The molecule has 0 N–H and O–H groups in total. The summed E-state index contributed by atoms with van der Waals surface area (Å²) in [4.78, 5) is 17.6. The van der Waals surface area contributed by atoms with Crippen LogP contribution in [0.3, 0.4) is 0 Å². The molecule has 0 aliphatic rings. The van der Waals surface area contributed by atoms with Crippen molar-refractivity contribution in [3.8, 4) is 11.6 Å². The third kappa shape index (κ3) is 4.57. The number of benzene rings is 2. The van der Waals surface area contributed by atoms with Gasteiger partial charge in [-0.2, -0.15) is 0 Å². The summed E-state index contributed by atoms with van der Waals surface area (Å²) in [6.07, 6.45) is 3.55. The zero-order valence-electron chi connectivity index (χ0n) is 17.2. The minimum Gasteiger partial charge on any atom is -0.468 e. The molecule has 154 valence electrons. The van der Waals surface area contributed by atoms with Gasteiger partial charge in [0.25, 0.3) is 0 Å². The minimum absolute atomic E-state index is 0.166. The smallest absolute Gasteiger partial charge is 0.322 e. The van der Waals surface area contributed by atoms with Gasteiger partial charge >= 0.3 is 5.97 Å². The molecule has 3 rings (SSSR count). The second-order valence-corrected chi connectivity index (χ2v) is 7.18. The number of hydrogen-bond acceptors (Lipinski definition) is 4. The fraction of sp³-hybridized carbons (Fsp3) is 0.200. The third-order valence-electron chi connectivity index (χ3n) is 4.96. The number of pyridine rings is 1. The van der Waals surface area contributed by atoms with E-state index in [1.807, 2.05) is 44.2 Å².